The van der Waals surface area contributed by atoms with Crippen molar-refractivity contribution < 1.29 is 19.4 Å². The Labute approximate surface area is 246 Å². The number of hydrogen-bond donors (Lipinski definition) is 1. The summed E-state index contributed by atoms with van der Waals surface area (Å²) in [5, 5.41) is 24.4. The fraction of sp³-hybridized carbons (Fsp3) is 0.382. The molecule has 3 aliphatic rings. The number of carbonyl (C=O) groups is 1. The van der Waals surface area contributed by atoms with Crippen molar-refractivity contribution in [3.63, 3.8) is 0 Å². The van der Waals surface area contributed by atoms with Gasteiger partial charge < -0.3 is 19.5 Å². The molecule has 42 heavy (non-hydrogen) atoms. The van der Waals surface area contributed by atoms with Gasteiger partial charge in [-0.3, -0.25) is 4.79 Å². The van der Waals surface area contributed by atoms with E-state index < -0.39 is 5.97 Å². The van der Waals surface area contributed by atoms with Crippen LogP contribution < -0.4 is 9.64 Å². The zero-order valence-corrected chi connectivity index (χ0v) is 24.2. The molecule has 0 amide bonds. The summed E-state index contributed by atoms with van der Waals surface area (Å²) in [6, 6.07) is 18.0. The van der Waals surface area contributed by atoms with Crippen molar-refractivity contribution >= 4 is 17.2 Å². The van der Waals surface area contributed by atoms with Crippen molar-refractivity contribution in [1.29, 1.82) is 5.26 Å². The number of piperidine rings is 1. The molecule has 6 bridgehead atoms. The molecular weight excluding hydrogens is 528 g/mol. The maximum atomic E-state index is 12.0. The number of benzene rings is 2. The van der Waals surface area contributed by atoms with Crippen LogP contribution in [0.25, 0.3) is 27.9 Å². The number of nitriles is 1. The summed E-state index contributed by atoms with van der Waals surface area (Å²) in [4.78, 5) is 14.3. The molecule has 0 aliphatic carbocycles. The van der Waals surface area contributed by atoms with Crippen molar-refractivity contribution in [2.75, 3.05) is 31.2 Å². The Kier molecular flexibility index (Phi) is 7.61. The van der Waals surface area contributed by atoms with Crippen molar-refractivity contribution in [3.05, 3.63) is 71.4 Å². The van der Waals surface area contributed by atoms with Crippen LogP contribution in [0.4, 0.5) is 5.69 Å². The highest BCUT2D eigenvalue weighted by molar-refractivity contribution is 5.86. The van der Waals surface area contributed by atoms with E-state index in [1.807, 2.05) is 48.0 Å². The third-order valence-corrected chi connectivity index (χ3v) is 8.60. The van der Waals surface area contributed by atoms with E-state index in [0.29, 0.717) is 18.8 Å². The molecule has 8 heteroatoms. The number of fused-ring (bicyclic) bond motifs is 8. The minimum absolute atomic E-state index is 0.0457. The van der Waals surface area contributed by atoms with E-state index in [0.717, 1.165) is 95.7 Å². The number of anilines is 1. The first-order valence-electron chi connectivity index (χ1n) is 14.7. The number of rotatable bonds is 2. The predicted molar refractivity (Wildman–Crippen MR) is 162 cm³/mol. The molecule has 1 saturated heterocycles. The Hall–Kier alpha value is -4.35. The van der Waals surface area contributed by atoms with E-state index in [1.165, 1.54) is 0 Å². The molecular formula is C34H36N4O4. The Morgan fingerprint density at radius 2 is 1.86 bits per heavy atom. The second-order valence-electron chi connectivity index (χ2n) is 11.7. The molecule has 5 heterocycles. The SMILES string of the molecule is Cc1cn2nc3cc2c(c1CC(=O)O)N1CCC(C)(CC1)OCCCCCOc1ccc(C#N)cc1-c1cccc-3c1. The lowest BCUT2D eigenvalue weighted by Gasteiger charge is -2.41. The van der Waals surface area contributed by atoms with Crippen LogP contribution in [0.5, 0.6) is 5.75 Å². The average molecular weight is 565 g/mol. The van der Waals surface area contributed by atoms with E-state index in [-0.39, 0.29) is 12.0 Å². The average Bonchev–Trinajstić information content (AvgIpc) is 3.41. The number of hydrogen-bond acceptors (Lipinski definition) is 6. The Bertz CT molecular complexity index is 1680. The van der Waals surface area contributed by atoms with Crippen LogP contribution in [0, 0.1) is 18.3 Å². The molecule has 2 aromatic heterocycles. The summed E-state index contributed by atoms with van der Waals surface area (Å²) in [6.07, 6.45) is 6.51. The predicted octanol–water partition coefficient (Wildman–Crippen LogP) is 6.41. The highest BCUT2D eigenvalue weighted by Crippen LogP contribution is 2.38. The molecule has 2 aromatic carbocycles. The molecule has 1 N–H and O–H groups in total. The lowest BCUT2D eigenvalue weighted by atomic mass is 9.91. The minimum atomic E-state index is -0.847. The Morgan fingerprint density at radius 1 is 1.07 bits per heavy atom. The van der Waals surface area contributed by atoms with Gasteiger partial charge in [0.25, 0.3) is 0 Å². The lowest BCUT2D eigenvalue weighted by molar-refractivity contribution is -0.136. The molecule has 1 fully saturated rings. The number of aliphatic carboxylic acids is 1. The number of aromatic nitrogens is 2. The number of pyridine rings is 1. The van der Waals surface area contributed by atoms with E-state index in [1.54, 1.807) is 6.07 Å². The summed E-state index contributed by atoms with van der Waals surface area (Å²) in [6.45, 7) is 7.02. The molecule has 0 unspecified atom stereocenters. The van der Waals surface area contributed by atoms with Gasteiger partial charge in [-0.1, -0.05) is 18.2 Å². The smallest absolute Gasteiger partial charge is 0.307 e. The lowest BCUT2D eigenvalue weighted by Crippen LogP contribution is -2.45. The number of ether oxygens (including phenoxy) is 2. The van der Waals surface area contributed by atoms with Crippen LogP contribution in [-0.2, 0) is 16.0 Å². The van der Waals surface area contributed by atoms with Crippen molar-refractivity contribution in [1.82, 2.24) is 9.61 Å². The summed E-state index contributed by atoms with van der Waals surface area (Å²) in [5.41, 5.74) is 7.48. The van der Waals surface area contributed by atoms with Gasteiger partial charge in [-0.05, 0) is 93.0 Å². The second kappa shape index (κ2) is 11.5. The van der Waals surface area contributed by atoms with E-state index in [2.05, 4.69) is 30.0 Å². The molecule has 3 aliphatic heterocycles. The molecule has 0 radical (unpaired) electrons. The fourth-order valence-electron chi connectivity index (χ4n) is 6.17. The third kappa shape index (κ3) is 5.57. The Balaban J connectivity index is 1.49. The number of carboxylic acid groups (broad SMARTS) is 1. The van der Waals surface area contributed by atoms with Crippen molar-refractivity contribution in [3.8, 4) is 34.2 Å². The number of nitrogens with zero attached hydrogens (tertiary/aromatic N) is 4. The summed E-state index contributed by atoms with van der Waals surface area (Å²) < 4.78 is 14.5. The first-order chi connectivity index (χ1) is 20.3. The quantitative estimate of drug-likeness (QED) is 0.300. The van der Waals surface area contributed by atoms with Crippen molar-refractivity contribution in [2.45, 2.75) is 58.0 Å². The maximum Gasteiger partial charge on any atom is 0.307 e. The van der Waals surface area contributed by atoms with Gasteiger partial charge in [0.1, 0.15) is 5.75 Å². The topological polar surface area (TPSA) is 100 Å². The third-order valence-electron chi connectivity index (χ3n) is 8.60. The first kappa shape index (κ1) is 27.8. The molecule has 0 atom stereocenters. The van der Waals surface area contributed by atoms with Crippen molar-refractivity contribution in [2.24, 2.45) is 0 Å². The standard InChI is InChI=1S/C34H36N4O4/c1-23-22-38-30-20-29(36-38)26-8-6-7-25(18-26)28-17-24(21-35)9-10-31(28)41-15-4-3-5-16-42-34(2)11-13-37(14-12-34)33(30)27(23)19-32(39)40/h6-10,17-18,20,22H,3-5,11-16,19H2,1-2H3,(H,39,40). The number of carboxylic acids is 1. The summed E-state index contributed by atoms with van der Waals surface area (Å²) in [7, 11) is 0. The van der Waals surface area contributed by atoms with E-state index in [4.69, 9.17) is 14.6 Å². The Morgan fingerprint density at radius 3 is 2.64 bits per heavy atom. The van der Waals surface area contributed by atoms with Gasteiger partial charge in [0.15, 0.2) is 0 Å². The normalized spacial score (nSPS) is 16.9. The maximum absolute atomic E-state index is 12.0. The highest BCUT2D eigenvalue weighted by Gasteiger charge is 2.33. The van der Waals surface area contributed by atoms with Crippen LogP contribution in [0.2, 0.25) is 0 Å². The molecule has 216 valence electrons. The van der Waals surface area contributed by atoms with Crippen LogP contribution in [-0.4, -0.2) is 52.6 Å². The first-order valence-corrected chi connectivity index (χ1v) is 14.7. The molecule has 7 rings (SSSR count). The van der Waals surface area contributed by atoms with Crippen LogP contribution >= 0.6 is 0 Å². The second-order valence-corrected chi connectivity index (χ2v) is 11.7. The molecule has 8 nitrogen and oxygen atoms in total. The zero-order chi connectivity index (χ0) is 29.3. The van der Waals surface area contributed by atoms with Gasteiger partial charge in [0, 0.05) is 37.0 Å². The molecule has 0 spiro atoms. The summed E-state index contributed by atoms with van der Waals surface area (Å²) in [5.74, 6) is -0.0963. The summed E-state index contributed by atoms with van der Waals surface area (Å²) >= 11 is 0. The van der Waals surface area contributed by atoms with E-state index >= 15 is 0 Å². The minimum Gasteiger partial charge on any atom is -0.493 e. The highest BCUT2D eigenvalue weighted by atomic mass is 16.5. The van der Waals surface area contributed by atoms with E-state index in [9.17, 15) is 15.2 Å². The molecule has 4 aromatic rings. The van der Waals surface area contributed by atoms with Crippen LogP contribution in [0.1, 0.15) is 55.7 Å². The van der Waals surface area contributed by atoms with Gasteiger partial charge in [-0.25, -0.2) is 4.52 Å². The van der Waals surface area contributed by atoms with Gasteiger partial charge in [0.2, 0.25) is 0 Å². The fourth-order valence-corrected chi connectivity index (χ4v) is 6.17. The van der Waals surface area contributed by atoms with Crippen LogP contribution in [0.3, 0.4) is 0 Å². The number of aryl methyl sites for hydroxylation is 1. The molecule has 0 saturated carbocycles. The van der Waals surface area contributed by atoms with Crippen LogP contribution in [0.15, 0.2) is 54.7 Å². The van der Waals surface area contributed by atoms with Gasteiger partial charge in [-0.2, -0.15) is 10.4 Å². The van der Waals surface area contributed by atoms with Gasteiger partial charge in [-0.15, -0.1) is 0 Å². The monoisotopic (exact) mass is 564 g/mol. The largest absolute Gasteiger partial charge is 0.493 e. The van der Waals surface area contributed by atoms with Gasteiger partial charge >= 0.3 is 5.97 Å². The van der Waals surface area contributed by atoms with Gasteiger partial charge in [0.05, 0.1) is 47.2 Å². The zero-order valence-electron chi connectivity index (χ0n) is 24.2.